The number of rotatable bonds is 7. The minimum absolute atomic E-state index is 0.423. The molecule has 1 unspecified atom stereocenters. The van der Waals surface area contributed by atoms with Crippen molar-refractivity contribution in [3.63, 3.8) is 0 Å². The summed E-state index contributed by atoms with van der Waals surface area (Å²) in [7, 11) is 0. The Bertz CT molecular complexity index is 681. The molecule has 1 atom stereocenters. The van der Waals surface area contributed by atoms with Gasteiger partial charge in [-0.05, 0) is 23.9 Å². The summed E-state index contributed by atoms with van der Waals surface area (Å²) in [4.78, 5) is 10.9. The van der Waals surface area contributed by atoms with Gasteiger partial charge in [0.1, 0.15) is 0 Å². The molecule has 27 heavy (non-hydrogen) atoms. The highest BCUT2D eigenvalue weighted by molar-refractivity contribution is 7.09. The third-order valence-electron chi connectivity index (χ3n) is 4.73. The lowest BCUT2D eigenvalue weighted by molar-refractivity contribution is 0.169. The van der Waals surface area contributed by atoms with E-state index in [9.17, 15) is 5.11 Å². The Morgan fingerprint density at radius 1 is 1.15 bits per heavy atom. The van der Waals surface area contributed by atoms with Crippen LogP contribution in [0.1, 0.15) is 17.4 Å². The van der Waals surface area contributed by atoms with E-state index < -0.39 is 6.10 Å². The molecule has 0 bridgehead atoms. The van der Waals surface area contributed by atoms with E-state index in [1.807, 2.05) is 41.7 Å². The number of hydrogen-bond acceptors (Lipinski definition) is 4. The molecule has 3 rings (SSSR count). The van der Waals surface area contributed by atoms with Crippen molar-refractivity contribution >= 4 is 17.3 Å². The quantitative estimate of drug-likeness (QED) is 0.567. The fourth-order valence-electron chi connectivity index (χ4n) is 3.31. The molecule has 1 fully saturated rings. The van der Waals surface area contributed by atoms with Crippen molar-refractivity contribution in [3.8, 4) is 0 Å². The first kappa shape index (κ1) is 19.9. The van der Waals surface area contributed by atoms with Gasteiger partial charge in [-0.1, -0.05) is 36.4 Å². The van der Waals surface area contributed by atoms with Gasteiger partial charge in [-0.15, -0.1) is 11.3 Å². The van der Waals surface area contributed by atoms with Crippen LogP contribution in [0.2, 0.25) is 0 Å². The van der Waals surface area contributed by atoms with Crippen LogP contribution in [0.5, 0.6) is 0 Å². The maximum atomic E-state index is 10.3. The predicted molar refractivity (Wildman–Crippen MR) is 113 cm³/mol. The molecule has 1 aliphatic heterocycles. The van der Waals surface area contributed by atoms with Gasteiger partial charge in [0.15, 0.2) is 5.96 Å². The number of nitrogens with one attached hydrogen (secondary N) is 1. The lowest BCUT2D eigenvalue weighted by Crippen LogP contribution is -2.52. The molecule has 5 nitrogen and oxygen atoms in total. The Morgan fingerprint density at radius 3 is 2.59 bits per heavy atom. The van der Waals surface area contributed by atoms with Crippen LogP contribution in [0.3, 0.4) is 0 Å². The average Bonchev–Trinajstić information content (AvgIpc) is 3.20. The van der Waals surface area contributed by atoms with Crippen molar-refractivity contribution in [3.05, 3.63) is 58.3 Å². The van der Waals surface area contributed by atoms with E-state index in [1.165, 1.54) is 4.88 Å². The summed E-state index contributed by atoms with van der Waals surface area (Å²) < 4.78 is 0. The molecular formula is C21H30N4OS. The molecule has 1 aliphatic rings. The number of aliphatic hydroxyl groups excluding tert-OH is 1. The fraction of sp³-hybridized carbons (Fsp3) is 0.476. The number of nitrogens with zero attached hydrogens (tertiary/aromatic N) is 3. The minimum atomic E-state index is -0.457. The number of hydrogen-bond donors (Lipinski definition) is 2. The van der Waals surface area contributed by atoms with Crippen molar-refractivity contribution in [2.24, 2.45) is 4.99 Å². The van der Waals surface area contributed by atoms with Gasteiger partial charge in [0, 0.05) is 50.6 Å². The Hall–Kier alpha value is -1.89. The molecule has 2 N–H and O–H groups in total. The first-order chi connectivity index (χ1) is 13.2. The van der Waals surface area contributed by atoms with Gasteiger partial charge in [0.05, 0.1) is 12.6 Å². The van der Waals surface area contributed by atoms with Gasteiger partial charge >= 0.3 is 0 Å². The Morgan fingerprint density at radius 2 is 1.93 bits per heavy atom. The second-order valence-corrected chi connectivity index (χ2v) is 7.91. The summed E-state index contributed by atoms with van der Waals surface area (Å²) in [6, 6.07) is 14.4. The summed E-state index contributed by atoms with van der Waals surface area (Å²) in [6.07, 6.45) is 0.180. The number of guanidine groups is 1. The normalized spacial score (nSPS) is 17.1. The molecule has 146 valence electrons. The van der Waals surface area contributed by atoms with Gasteiger partial charge in [0.25, 0.3) is 0 Å². The lowest BCUT2D eigenvalue weighted by atomic mass is 10.1. The summed E-state index contributed by atoms with van der Waals surface area (Å²) in [5.74, 6) is 0.917. The first-order valence-corrected chi connectivity index (χ1v) is 10.6. The lowest BCUT2D eigenvalue weighted by Gasteiger charge is -2.36. The second-order valence-electron chi connectivity index (χ2n) is 6.88. The number of aliphatic hydroxyl groups is 1. The molecule has 0 radical (unpaired) electrons. The first-order valence-electron chi connectivity index (χ1n) is 9.74. The van der Waals surface area contributed by atoms with Crippen molar-refractivity contribution in [2.75, 3.05) is 39.3 Å². The van der Waals surface area contributed by atoms with E-state index in [0.29, 0.717) is 13.0 Å². The van der Waals surface area contributed by atoms with Crippen LogP contribution < -0.4 is 5.32 Å². The predicted octanol–water partition coefficient (Wildman–Crippen LogP) is 2.43. The SMILES string of the molecule is CCNC(=NCC(O)Cc1ccccc1)N1CCN(Cc2cccs2)CC1. The molecule has 6 heteroatoms. The van der Waals surface area contributed by atoms with Gasteiger partial charge in [-0.25, -0.2) is 0 Å². The van der Waals surface area contributed by atoms with Crippen LogP contribution in [-0.2, 0) is 13.0 Å². The third kappa shape index (κ3) is 6.34. The Kier molecular flexibility index (Phi) is 7.68. The molecule has 0 aliphatic carbocycles. The number of benzene rings is 1. The Balaban J connectivity index is 1.50. The molecule has 0 saturated carbocycles. The zero-order valence-electron chi connectivity index (χ0n) is 16.1. The topological polar surface area (TPSA) is 51.1 Å². The van der Waals surface area contributed by atoms with Gasteiger partial charge in [-0.3, -0.25) is 9.89 Å². The highest BCUT2D eigenvalue weighted by Crippen LogP contribution is 2.13. The highest BCUT2D eigenvalue weighted by Gasteiger charge is 2.20. The zero-order valence-corrected chi connectivity index (χ0v) is 16.9. The van der Waals surface area contributed by atoms with Gasteiger partial charge < -0.3 is 15.3 Å². The summed E-state index contributed by atoms with van der Waals surface area (Å²) >= 11 is 1.82. The highest BCUT2D eigenvalue weighted by atomic mass is 32.1. The van der Waals surface area contributed by atoms with Crippen molar-refractivity contribution in [2.45, 2.75) is 26.0 Å². The van der Waals surface area contributed by atoms with E-state index in [0.717, 1.165) is 50.8 Å². The van der Waals surface area contributed by atoms with Crippen LogP contribution in [0.4, 0.5) is 0 Å². The van der Waals surface area contributed by atoms with Crippen molar-refractivity contribution in [1.29, 1.82) is 0 Å². The van der Waals surface area contributed by atoms with E-state index in [4.69, 9.17) is 4.99 Å². The Labute approximate surface area is 166 Å². The zero-order chi connectivity index (χ0) is 18.9. The molecule has 1 saturated heterocycles. The molecule has 0 amide bonds. The maximum Gasteiger partial charge on any atom is 0.194 e. The monoisotopic (exact) mass is 386 g/mol. The maximum absolute atomic E-state index is 10.3. The molecular weight excluding hydrogens is 356 g/mol. The smallest absolute Gasteiger partial charge is 0.194 e. The number of thiophene rings is 1. The second kappa shape index (κ2) is 10.4. The number of aliphatic imine (C=N–C) groups is 1. The molecule has 1 aromatic heterocycles. The largest absolute Gasteiger partial charge is 0.391 e. The number of piperazine rings is 1. The average molecular weight is 387 g/mol. The molecule has 0 spiro atoms. The van der Waals surface area contributed by atoms with Crippen LogP contribution in [0.15, 0.2) is 52.8 Å². The summed E-state index contributed by atoms with van der Waals surface area (Å²) in [5, 5.41) is 15.9. The fourth-order valence-corrected chi connectivity index (χ4v) is 4.06. The van der Waals surface area contributed by atoms with Gasteiger partial charge in [0.2, 0.25) is 0 Å². The van der Waals surface area contributed by atoms with Crippen LogP contribution in [0.25, 0.3) is 0 Å². The molecule has 2 heterocycles. The summed E-state index contributed by atoms with van der Waals surface area (Å²) in [6.45, 7) is 8.38. The van der Waals surface area contributed by atoms with E-state index in [1.54, 1.807) is 0 Å². The van der Waals surface area contributed by atoms with Crippen molar-refractivity contribution < 1.29 is 5.11 Å². The minimum Gasteiger partial charge on any atom is -0.391 e. The third-order valence-corrected chi connectivity index (χ3v) is 5.59. The van der Waals surface area contributed by atoms with Crippen molar-refractivity contribution in [1.82, 2.24) is 15.1 Å². The standard InChI is InChI=1S/C21H30N4OS/c1-2-22-21(23-16-19(26)15-18-7-4-3-5-8-18)25-12-10-24(11-13-25)17-20-9-6-14-27-20/h3-9,14,19,26H,2,10-13,15-17H2,1H3,(H,22,23). The van der Waals surface area contributed by atoms with Crippen LogP contribution in [-0.4, -0.2) is 66.2 Å². The van der Waals surface area contributed by atoms with E-state index >= 15 is 0 Å². The van der Waals surface area contributed by atoms with E-state index in [2.05, 4.69) is 39.6 Å². The molecule has 2 aromatic rings. The van der Waals surface area contributed by atoms with Gasteiger partial charge in [-0.2, -0.15) is 0 Å². The van der Waals surface area contributed by atoms with Crippen LogP contribution in [0, 0.1) is 0 Å². The van der Waals surface area contributed by atoms with E-state index in [-0.39, 0.29) is 0 Å². The summed E-state index contributed by atoms with van der Waals surface area (Å²) in [5.41, 5.74) is 1.15. The van der Waals surface area contributed by atoms with Crippen LogP contribution >= 0.6 is 11.3 Å². The molecule has 1 aromatic carbocycles.